The Bertz CT molecular complexity index is 398. The van der Waals surface area contributed by atoms with Crippen LogP contribution in [-0.2, 0) is 14.6 Å². The van der Waals surface area contributed by atoms with E-state index in [0.717, 1.165) is 0 Å². The van der Waals surface area contributed by atoms with Gasteiger partial charge in [-0.15, -0.1) is 0 Å². The van der Waals surface area contributed by atoms with Crippen molar-refractivity contribution >= 4 is 15.7 Å². The van der Waals surface area contributed by atoms with Crippen LogP contribution in [0.1, 0.15) is 33.6 Å². The van der Waals surface area contributed by atoms with Gasteiger partial charge in [-0.1, -0.05) is 20.8 Å². The van der Waals surface area contributed by atoms with Gasteiger partial charge in [0.25, 0.3) is 0 Å². The first kappa shape index (κ1) is 15.4. The van der Waals surface area contributed by atoms with Gasteiger partial charge in [0.2, 0.25) is 5.91 Å². The summed E-state index contributed by atoms with van der Waals surface area (Å²) in [5, 5.41) is 0. The normalized spacial score (nSPS) is 22.3. The van der Waals surface area contributed by atoms with Crippen LogP contribution >= 0.6 is 0 Å². The van der Waals surface area contributed by atoms with E-state index in [1.165, 1.54) is 0 Å². The van der Waals surface area contributed by atoms with E-state index in [1.807, 2.05) is 20.8 Å². The summed E-state index contributed by atoms with van der Waals surface area (Å²) in [5.74, 6) is 0.223. The Labute approximate surface area is 110 Å². The van der Waals surface area contributed by atoms with Crippen molar-refractivity contribution in [3.63, 3.8) is 0 Å². The van der Waals surface area contributed by atoms with Gasteiger partial charge in [-0.2, -0.15) is 0 Å². The Balaban J connectivity index is 2.58. The molecule has 0 spiro atoms. The largest absolute Gasteiger partial charge is 0.342 e. The Morgan fingerprint density at radius 2 is 1.89 bits per heavy atom. The molecule has 1 unspecified atom stereocenters. The second-order valence-electron chi connectivity index (χ2n) is 6.06. The number of sulfone groups is 1. The van der Waals surface area contributed by atoms with Crippen molar-refractivity contribution in [1.29, 1.82) is 0 Å². The summed E-state index contributed by atoms with van der Waals surface area (Å²) in [5.41, 5.74) is 5.87. The van der Waals surface area contributed by atoms with E-state index >= 15 is 0 Å². The van der Waals surface area contributed by atoms with E-state index < -0.39 is 9.84 Å². The van der Waals surface area contributed by atoms with Crippen molar-refractivity contribution in [2.75, 3.05) is 24.6 Å². The summed E-state index contributed by atoms with van der Waals surface area (Å²) in [6.45, 7) is 6.82. The standard InChI is InChI=1S/C12H24N2O3S/c1-12(2,3)10(13)9-11(15)14-5-4-7-18(16,17)8-6-14/h10H,4-9,13H2,1-3H3. The molecule has 1 aliphatic heterocycles. The lowest BCUT2D eigenvalue weighted by atomic mass is 9.85. The maximum absolute atomic E-state index is 12.1. The summed E-state index contributed by atoms with van der Waals surface area (Å²) < 4.78 is 22.9. The highest BCUT2D eigenvalue weighted by molar-refractivity contribution is 7.91. The zero-order valence-corrected chi connectivity index (χ0v) is 12.3. The Kier molecular flexibility index (Phi) is 4.78. The number of nitrogens with two attached hydrogens (primary N) is 1. The summed E-state index contributed by atoms with van der Waals surface area (Å²) in [7, 11) is -2.97. The molecule has 1 atom stereocenters. The SMILES string of the molecule is CC(C)(C)C(N)CC(=O)N1CCCS(=O)(=O)CC1. The van der Waals surface area contributed by atoms with Crippen LogP contribution in [0, 0.1) is 5.41 Å². The Morgan fingerprint density at radius 3 is 2.44 bits per heavy atom. The van der Waals surface area contributed by atoms with Crippen LogP contribution in [0.5, 0.6) is 0 Å². The van der Waals surface area contributed by atoms with Gasteiger partial charge in [-0.3, -0.25) is 4.79 Å². The van der Waals surface area contributed by atoms with Gasteiger partial charge >= 0.3 is 0 Å². The Morgan fingerprint density at radius 1 is 1.28 bits per heavy atom. The summed E-state index contributed by atoms with van der Waals surface area (Å²) in [6.07, 6.45) is 0.808. The number of rotatable bonds is 2. The topological polar surface area (TPSA) is 80.5 Å². The zero-order chi connectivity index (χ0) is 14.0. The van der Waals surface area contributed by atoms with Crippen LogP contribution < -0.4 is 5.73 Å². The fourth-order valence-electron chi connectivity index (χ4n) is 1.81. The van der Waals surface area contributed by atoms with E-state index in [4.69, 9.17) is 5.73 Å². The molecule has 0 aliphatic carbocycles. The first-order valence-electron chi connectivity index (χ1n) is 6.35. The smallest absolute Gasteiger partial charge is 0.224 e. The van der Waals surface area contributed by atoms with Crippen LogP contribution in [0.25, 0.3) is 0 Å². The molecule has 1 fully saturated rings. The quantitative estimate of drug-likeness (QED) is 0.791. The molecule has 0 aromatic rings. The minimum Gasteiger partial charge on any atom is -0.342 e. The monoisotopic (exact) mass is 276 g/mol. The average molecular weight is 276 g/mol. The molecule has 0 radical (unpaired) electrons. The molecule has 0 bridgehead atoms. The number of hydrogen-bond acceptors (Lipinski definition) is 4. The first-order valence-corrected chi connectivity index (χ1v) is 8.18. The predicted molar refractivity (Wildman–Crippen MR) is 71.9 cm³/mol. The first-order chi connectivity index (χ1) is 8.12. The fourth-order valence-corrected chi connectivity index (χ4v) is 3.08. The molecular formula is C12H24N2O3S. The van der Waals surface area contributed by atoms with Crippen molar-refractivity contribution < 1.29 is 13.2 Å². The second-order valence-corrected chi connectivity index (χ2v) is 8.37. The highest BCUT2D eigenvalue weighted by atomic mass is 32.2. The third-order valence-electron chi connectivity index (χ3n) is 3.42. The van der Waals surface area contributed by atoms with Gasteiger partial charge in [-0.25, -0.2) is 8.42 Å². The lowest BCUT2D eigenvalue weighted by Gasteiger charge is -2.29. The van der Waals surface area contributed by atoms with Crippen molar-refractivity contribution in [1.82, 2.24) is 4.90 Å². The molecule has 1 saturated heterocycles. The highest BCUT2D eigenvalue weighted by Crippen LogP contribution is 2.20. The molecule has 18 heavy (non-hydrogen) atoms. The van der Waals surface area contributed by atoms with Crippen LogP contribution in [0.15, 0.2) is 0 Å². The molecule has 5 nitrogen and oxygen atoms in total. The number of carbonyl (C=O) groups is 1. The molecule has 1 amide bonds. The van der Waals surface area contributed by atoms with Gasteiger partial charge in [0.05, 0.1) is 11.5 Å². The van der Waals surface area contributed by atoms with Crippen LogP contribution in [-0.4, -0.2) is 49.9 Å². The lowest BCUT2D eigenvalue weighted by molar-refractivity contribution is -0.131. The van der Waals surface area contributed by atoms with Crippen LogP contribution in [0.3, 0.4) is 0 Å². The second kappa shape index (κ2) is 5.57. The summed E-state index contributed by atoms with van der Waals surface area (Å²) in [6, 6.07) is -0.204. The van der Waals surface area contributed by atoms with Crippen LogP contribution in [0.2, 0.25) is 0 Å². The highest BCUT2D eigenvalue weighted by Gasteiger charge is 2.27. The summed E-state index contributed by atoms with van der Waals surface area (Å²) in [4.78, 5) is 13.7. The summed E-state index contributed by atoms with van der Waals surface area (Å²) >= 11 is 0. The Hall–Kier alpha value is -0.620. The number of hydrogen-bond donors (Lipinski definition) is 1. The number of nitrogens with zero attached hydrogens (tertiary/aromatic N) is 1. The minimum atomic E-state index is -2.97. The van der Waals surface area contributed by atoms with E-state index in [1.54, 1.807) is 4.90 Å². The molecule has 1 rings (SSSR count). The molecular weight excluding hydrogens is 252 g/mol. The number of carbonyl (C=O) groups excluding carboxylic acids is 1. The fraction of sp³-hybridized carbons (Fsp3) is 0.917. The average Bonchev–Trinajstić information content (AvgIpc) is 2.37. The van der Waals surface area contributed by atoms with Crippen molar-refractivity contribution in [3.8, 4) is 0 Å². The molecule has 0 saturated carbocycles. The van der Waals surface area contributed by atoms with Crippen LogP contribution in [0.4, 0.5) is 0 Å². The van der Waals surface area contributed by atoms with Gasteiger partial charge in [0, 0.05) is 25.6 Å². The van der Waals surface area contributed by atoms with E-state index in [-0.39, 0.29) is 35.3 Å². The third kappa shape index (κ3) is 4.57. The van der Waals surface area contributed by atoms with E-state index in [0.29, 0.717) is 19.5 Å². The van der Waals surface area contributed by atoms with Crippen molar-refractivity contribution in [3.05, 3.63) is 0 Å². The van der Waals surface area contributed by atoms with Gasteiger partial charge in [-0.05, 0) is 11.8 Å². The molecule has 0 aromatic carbocycles. The van der Waals surface area contributed by atoms with Crippen molar-refractivity contribution in [2.45, 2.75) is 39.7 Å². The zero-order valence-electron chi connectivity index (χ0n) is 11.5. The molecule has 0 aromatic heterocycles. The molecule has 2 N–H and O–H groups in total. The van der Waals surface area contributed by atoms with E-state index in [2.05, 4.69) is 0 Å². The van der Waals surface area contributed by atoms with Gasteiger partial charge in [0.15, 0.2) is 9.84 Å². The predicted octanol–water partition coefficient (Wildman–Crippen LogP) is 0.397. The molecule has 106 valence electrons. The lowest BCUT2D eigenvalue weighted by Crippen LogP contribution is -2.42. The minimum absolute atomic E-state index is 0.0328. The third-order valence-corrected chi connectivity index (χ3v) is 5.13. The van der Waals surface area contributed by atoms with Gasteiger partial charge < -0.3 is 10.6 Å². The number of amides is 1. The molecule has 1 aliphatic rings. The maximum atomic E-state index is 12.1. The van der Waals surface area contributed by atoms with E-state index in [9.17, 15) is 13.2 Å². The maximum Gasteiger partial charge on any atom is 0.224 e. The van der Waals surface area contributed by atoms with Gasteiger partial charge in [0.1, 0.15) is 0 Å². The molecule has 6 heteroatoms. The molecule has 1 heterocycles. The van der Waals surface area contributed by atoms with Crippen molar-refractivity contribution in [2.24, 2.45) is 11.1 Å².